The number of amides is 1. The van der Waals surface area contributed by atoms with Gasteiger partial charge in [-0.2, -0.15) is 0 Å². The molecular formula is C21H27NO3. The fourth-order valence-electron chi connectivity index (χ4n) is 2.77. The van der Waals surface area contributed by atoms with Crippen LogP contribution in [0.4, 0.5) is 0 Å². The first-order chi connectivity index (χ1) is 11.9. The maximum Gasteiger partial charge on any atom is 0.227 e. The van der Waals surface area contributed by atoms with E-state index in [4.69, 9.17) is 0 Å². The molecule has 4 nitrogen and oxygen atoms in total. The number of rotatable bonds is 7. The Morgan fingerprint density at radius 2 is 1.60 bits per heavy atom. The fourth-order valence-corrected chi connectivity index (χ4v) is 2.77. The van der Waals surface area contributed by atoms with Crippen molar-refractivity contribution in [3.8, 4) is 11.5 Å². The molecule has 134 valence electrons. The minimum Gasteiger partial charge on any atom is -0.504 e. The van der Waals surface area contributed by atoms with Crippen LogP contribution in [0, 0.1) is 5.92 Å². The minimum atomic E-state index is -0.207. The monoisotopic (exact) mass is 341 g/mol. The molecule has 0 saturated carbocycles. The SMILES string of the molecule is CC(C)Cc1ccc(C(C)C(=O)NCCc2ccc(O)c(O)c2)cc1. The quantitative estimate of drug-likeness (QED) is 0.672. The minimum absolute atomic E-state index is 0.0143. The van der Waals surface area contributed by atoms with Crippen LogP contribution in [-0.4, -0.2) is 22.7 Å². The lowest BCUT2D eigenvalue weighted by Gasteiger charge is -2.14. The van der Waals surface area contributed by atoms with Gasteiger partial charge in [0.05, 0.1) is 5.92 Å². The normalized spacial score (nSPS) is 12.2. The Morgan fingerprint density at radius 3 is 2.20 bits per heavy atom. The molecule has 0 spiro atoms. The first kappa shape index (κ1) is 18.8. The van der Waals surface area contributed by atoms with E-state index in [1.54, 1.807) is 6.07 Å². The zero-order valence-corrected chi connectivity index (χ0v) is 15.1. The Bertz CT molecular complexity index is 708. The average Bonchev–Trinajstić information content (AvgIpc) is 2.57. The molecule has 2 aromatic carbocycles. The van der Waals surface area contributed by atoms with E-state index in [1.807, 2.05) is 19.1 Å². The molecule has 0 bridgehead atoms. The van der Waals surface area contributed by atoms with Crippen molar-refractivity contribution in [1.82, 2.24) is 5.32 Å². The molecule has 1 amide bonds. The first-order valence-electron chi connectivity index (χ1n) is 8.74. The van der Waals surface area contributed by atoms with Crippen LogP contribution in [0.2, 0.25) is 0 Å². The standard InChI is InChI=1S/C21H27NO3/c1-14(2)12-16-4-7-18(8-5-16)15(3)21(25)22-11-10-17-6-9-19(23)20(24)13-17/h4-9,13-15,23-24H,10-12H2,1-3H3,(H,22,25). The van der Waals surface area contributed by atoms with E-state index in [0.717, 1.165) is 17.5 Å². The van der Waals surface area contributed by atoms with Crippen molar-refractivity contribution in [1.29, 1.82) is 0 Å². The van der Waals surface area contributed by atoms with E-state index in [-0.39, 0.29) is 23.3 Å². The van der Waals surface area contributed by atoms with E-state index >= 15 is 0 Å². The largest absolute Gasteiger partial charge is 0.504 e. The third-order valence-corrected chi connectivity index (χ3v) is 4.27. The molecule has 0 aliphatic carbocycles. The van der Waals surface area contributed by atoms with Crippen LogP contribution >= 0.6 is 0 Å². The van der Waals surface area contributed by atoms with Gasteiger partial charge in [0.2, 0.25) is 5.91 Å². The molecule has 0 aliphatic heterocycles. The van der Waals surface area contributed by atoms with Gasteiger partial charge in [-0.3, -0.25) is 4.79 Å². The van der Waals surface area contributed by atoms with E-state index in [1.165, 1.54) is 17.7 Å². The van der Waals surface area contributed by atoms with Crippen LogP contribution in [0.3, 0.4) is 0 Å². The Kier molecular flexibility index (Phi) is 6.45. The van der Waals surface area contributed by atoms with Gasteiger partial charge in [-0.1, -0.05) is 44.2 Å². The van der Waals surface area contributed by atoms with Gasteiger partial charge in [0, 0.05) is 6.54 Å². The maximum absolute atomic E-state index is 12.3. The second-order valence-corrected chi connectivity index (χ2v) is 6.93. The number of hydrogen-bond donors (Lipinski definition) is 3. The van der Waals surface area contributed by atoms with Crippen molar-refractivity contribution in [2.75, 3.05) is 6.54 Å². The number of phenols is 2. The summed E-state index contributed by atoms with van der Waals surface area (Å²) in [7, 11) is 0. The predicted octanol–water partition coefficient (Wildman–Crippen LogP) is 3.76. The Hall–Kier alpha value is -2.49. The zero-order chi connectivity index (χ0) is 18.4. The molecule has 3 N–H and O–H groups in total. The molecule has 2 rings (SSSR count). The van der Waals surface area contributed by atoms with E-state index in [9.17, 15) is 15.0 Å². The lowest BCUT2D eigenvalue weighted by molar-refractivity contribution is -0.122. The Balaban J connectivity index is 1.86. The Morgan fingerprint density at radius 1 is 0.960 bits per heavy atom. The molecule has 25 heavy (non-hydrogen) atoms. The molecule has 1 atom stereocenters. The number of aromatic hydroxyl groups is 2. The highest BCUT2D eigenvalue weighted by atomic mass is 16.3. The number of carbonyl (C=O) groups excluding carboxylic acids is 1. The molecule has 0 radical (unpaired) electrons. The zero-order valence-electron chi connectivity index (χ0n) is 15.1. The summed E-state index contributed by atoms with van der Waals surface area (Å²) >= 11 is 0. The summed E-state index contributed by atoms with van der Waals surface area (Å²) in [6, 6.07) is 12.9. The van der Waals surface area contributed by atoms with Crippen molar-refractivity contribution >= 4 is 5.91 Å². The molecule has 4 heteroatoms. The topological polar surface area (TPSA) is 69.6 Å². The third-order valence-electron chi connectivity index (χ3n) is 4.27. The average molecular weight is 341 g/mol. The maximum atomic E-state index is 12.3. The second-order valence-electron chi connectivity index (χ2n) is 6.93. The molecule has 0 aliphatic rings. The summed E-state index contributed by atoms with van der Waals surface area (Å²) < 4.78 is 0. The summed E-state index contributed by atoms with van der Waals surface area (Å²) in [6.07, 6.45) is 1.64. The van der Waals surface area contributed by atoms with Crippen molar-refractivity contribution in [3.63, 3.8) is 0 Å². The Labute approximate surface area is 149 Å². The summed E-state index contributed by atoms with van der Waals surface area (Å²) in [5, 5.41) is 21.7. The van der Waals surface area contributed by atoms with Gasteiger partial charge in [-0.25, -0.2) is 0 Å². The van der Waals surface area contributed by atoms with Gasteiger partial charge >= 0.3 is 0 Å². The highest BCUT2D eigenvalue weighted by Crippen LogP contribution is 2.25. The molecule has 1 unspecified atom stereocenters. The van der Waals surface area contributed by atoms with E-state index in [2.05, 4.69) is 31.3 Å². The van der Waals surface area contributed by atoms with Crippen molar-refractivity contribution in [2.24, 2.45) is 5.92 Å². The van der Waals surface area contributed by atoms with Gasteiger partial charge in [0.15, 0.2) is 11.5 Å². The van der Waals surface area contributed by atoms with Gasteiger partial charge in [0.1, 0.15) is 0 Å². The van der Waals surface area contributed by atoms with Crippen LogP contribution in [-0.2, 0) is 17.6 Å². The van der Waals surface area contributed by atoms with Crippen LogP contribution in [0.1, 0.15) is 43.4 Å². The van der Waals surface area contributed by atoms with E-state index < -0.39 is 0 Å². The van der Waals surface area contributed by atoms with Crippen molar-refractivity contribution < 1.29 is 15.0 Å². The summed E-state index contributed by atoms with van der Waals surface area (Å²) in [5.41, 5.74) is 3.16. The number of nitrogens with one attached hydrogen (secondary N) is 1. The lowest BCUT2D eigenvalue weighted by Crippen LogP contribution is -2.29. The lowest BCUT2D eigenvalue weighted by atomic mass is 9.96. The van der Waals surface area contributed by atoms with Crippen molar-refractivity contribution in [2.45, 2.75) is 39.5 Å². The third kappa shape index (κ3) is 5.52. The van der Waals surface area contributed by atoms with Gasteiger partial charge in [-0.05, 0) is 54.5 Å². The number of phenolic OH excluding ortho intramolecular Hbond substituents is 2. The van der Waals surface area contributed by atoms with Crippen LogP contribution in [0.15, 0.2) is 42.5 Å². The highest BCUT2D eigenvalue weighted by Gasteiger charge is 2.14. The second kappa shape index (κ2) is 8.56. The predicted molar refractivity (Wildman–Crippen MR) is 99.9 cm³/mol. The first-order valence-corrected chi connectivity index (χ1v) is 8.74. The van der Waals surface area contributed by atoms with Gasteiger partial charge in [0.25, 0.3) is 0 Å². The molecular weight excluding hydrogens is 314 g/mol. The number of carbonyl (C=O) groups is 1. The molecule has 0 aromatic heterocycles. The van der Waals surface area contributed by atoms with Crippen LogP contribution < -0.4 is 5.32 Å². The molecule has 2 aromatic rings. The fraction of sp³-hybridized carbons (Fsp3) is 0.381. The van der Waals surface area contributed by atoms with Crippen LogP contribution in [0.25, 0.3) is 0 Å². The highest BCUT2D eigenvalue weighted by molar-refractivity contribution is 5.83. The summed E-state index contributed by atoms with van der Waals surface area (Å²) in [6.45, 7) is 6.77. The number of benzene rings is 2. The number of hydrogen-bond acceptors (Lipinski definition) is 3. The van der Waals surface area contributed by atoms with Gasteiger partial charge in [-0.15, -0.1) is 0 Å². The van der Waals surface area contributed by atoms with Crippen molar-refractivity contribution in [3.05, 3.63) is 59.2 Å². The molecule has 0 fully saturated rings. The summed E-state index contributed by atoms with van der Waals surface area (Å²) in [4.78, 5) is 12.3. The summed E-state index contributed by atoms with van der Waals surface area (Å²) in [5.74, 6) is 0.118. The molecule has 0 saturated heterocycles. The smallest absolute Gasteiger partial charge is 0.227 e. The van der Waals surface area contributed by atoms with Gasteiger partial charge < -0.3 is 15.5 Å². The van der Waals surface area contributed by atoms with E-state index in [0.29, 0.717) is 18.9 Å². The molecule has 0 heterocycles. The van der Waals surface area contributed by atoms with Crippen LogP contribution in [0.5, 0.6) is 11.5 Å².